The van der Waals surface area contributed by atoms with E-state index >= 15 is 0 Å². The fourth-order valence-electron chi connectivity index (χ4n) is 3.54. The summed E-state index contributed by atoms with van der Waals surface area (Å²) < 4.78 is 11.7. The Morgan fingerprint density at radius 1 is 0.971 bits per heavy atom. The molecule has 170 valence electrons. The van der Waals surface area contributed by atoms with E-state index in [2.05, 4.69) is 6.07 Å². The van der Waals surface area contributed by atoms with Gasteiger partial charge in [-0.3, -0.25) is 9.69 Å². The zero-order chi connectivity index (χ0) is 23.5. The first-order valence-corrected chi connectivity index (χ1v) is 12.3. The molecule has 6 nitrogen and oxygen atoms in total. The van der Waals surface area contributed by atoms with E-state index in [1.165, 1.54) is 11.8 Å². The number of benzene rings is 3. The summed E-state index contributed by atoms with van der Waals surface area (Å²) in [6, 6.07) is 23.0. The summed E-state index contributed by atoms with van der Waals surface area (Å²) in [6.45, 7) is 0. The van der Waals surface area contributed by atoms with Crippen molar-refractivity contribution in [3.63, 3.8) is 0 Å². The zero-order valence-corrected chi connectivity index (χ0v) is 20.2. The number of amidine groups is 1. The van der Waals surface area contributed by atoms with Gasteiger partial charge in [-0.15, -0.1) is 11.3 Å². The largest absolute Gasteiger partial charge is 0.497 e. The van der Waals surface area contributed by atoms with E-state index in [-0.39, 0.29) is 5.91 Å². The van der Waals surface area contributed by atoms with Crippen LogP contribution >= 0.6 is 23.1 Å². The maximum Gasteiger partial charge on any atom is 0.283 e. The molecule has 8 heteroatoms. The third kappa shape index (κ3) is 4.55. The van der Waals surface area contributed by atoms with Gasteiger partial charge in [-0.1, -0.05) is 42.1 Å². The van der Waals surface area contributed by atoms with Gasteiger partial charge in [0, 0.05) is 6.07 Å². The number of carbonyl (C=O) groups is 1. The molecule has 34 heavy (non-hydrogen) atoms. The predicted molar refractivity (Wildman–Crippen MR) is 140 cm³/mol. The Morgan fingerprint density at radius 2 is 1.76 bits per heavy atom. The molecular weight excluding hydrogens is 466 g/mol. The van der Waals surface area contributed by atoms with Gasteiger partial charge in [0.1, 0.15) is 22.2 Å². The van der Waals surface area contributed by atoms with Crippen molar-refractivity contribution in [3.05, 3.63) is 89.1 Å². The van der Waals surface area contributed by atoms with E-state index in [1.807, 2.05) is 66.7 Å². The summed E-state index contributed by atoms with van der Waals surface area (Å²) in [5.41, 5.74) is 2.94. The van der Waals surface area contributed by atoms with Crippen LogP contribution in [0.2, 0.25) is 0 Å². The molecule has 0 saturated heterocycles. The number of methoxy groups -OCH3 is 2. The number of nitrogens with zero attached hydrogens (tertiary/aromatic N) is 3. The van der Waals surface area contributed by atoms with Crippen molar-refractivity contribution in [1.82, 2.24) is 4.98 Å². The Bertz CT molecular complexity index is 1380. The molecule has 0 fully saturated rings. The standard InChI is InChI=1S/C26H21N3O3S2/c1-31-19-12-10-17(11-13-19)14-22-25(30)29(18-6-5-7-20(15-18)32-2)26(28-22)33-16-24-27-21-8-3-4-9-23(21)34-24/h3-15H,16H2,1-2H3/b22-14+. The van der Waals surface area contributed by atoms with Crippen molar-refractivity contribution in [2.24, 2.45) is 4.99 Å². The number of aromatic nitrogens is 1. The molecule has 0 unspecified atom stereocenters. The lowest BCUT2D eigenvalue weighted by molar-refractivity contribution is -0.113. The Kier molecular flexibility index (Phi) is 6.33. The lowest BCUT2D eigenvalue weighted by Gasteiger charge is -2.18. The molecule has 1 amide bonds. The quantitative estimate of drug-likeness (QED) is 0.313. The van der Waals surface area contributed by atoms with Crippen LogP contribution in [0, 0.1) is 0 Å². The highest BCUT2D eigenvalue weighted by atomic mass is 32.2. The minimum Gasteiger partial charge on any atom is -0.497 e. The van der Waals surface area contributed by atoms with Crippen molar-refractivity contribution >= 4 is 56.2 Å². The number of anilines is 1. The minimum absolute atomic E-state index is 0.184. The Labute approximate surface area is 205 Å². The second kappa shape index (κ2) is 9.70. The summed E-state index contributed by atoms with van der Waals surface area (Å²) in [5.74, 6) is 1.86. The third-order valence-electron chi connectivity index (χ3n) is 5.22. The van der Waals surface area contributed by atoms with E-state index in [9.17, 15) is 4.79 Å². The topological polar surface area (TPSA) is 64.0 Å². The van der Waals surface area contributed by atoms with Gasteiger partial charge in [-0.25, -0.2) is 9.98 Å². The smallest absolute Gasteiger partial charge is 0.283 e. The average Bonchev–Trinajstić information content (AvgIpc) is 3.43. The molecule has 0 saturated carbocycles. The van der Waals surface area contributed by atoms with Crippen molar-refractivity contribution in [3.8, 4) is 11.5 Å². The van der Waals surface area contributed by atoms with Crippen LogP contribution in [0.3, 0.4) is 0 Å². The van der Waals surface area contributed by atoms with Gasteiger partial charge in [0.05, 0.1) is 35.9 Å². The van der Waals surface area contributed by atoms with Crippen molar-refractivity contribution < 1.29 is 14.3 Å². The molecule has 0 aliphatic carbocycles. The number of rotatable bonds is 6. The second-order valence-corrected chi connectivity index (χ2v) is 9.46. The molecule has 0 bridgehead atoms. The Balaban J connectivity index is 1.47. The maximum absolute atomic E-state index is 13.4. The molecule has 1 aliphatic heterocycles. The fourth-order valence-corrected chi connectivity index (χ4v) is 5.51. The Morgan fingerprint density at radius 3 is 2.53 bits per heavy atom. The Hall–Kier alpha value is -3.62. The number of para-hydroxylation sites is 1. The summed E-state index contributed by atoms with van der Waals surface area (Å²) >= 11 is 3.15. The van der Waals surface area contributed by atoms with E-state index in [0.717, 1.165) is 26.5 Å². The predicted octanol–water partition coefficient (Wildman–Crippen LogP) is 5.99. The van der Waals surface area contributed by atoms with Crippen LogP contribution in [0.5, 0.6) is 11.5 Å². The normalized spacial score (nSPS) is 14.6. The number of amides is 1. The third-order valence-corrected chi connectivity index (χ3v) is 7.39. The number of aliphatic imine (C=N–C) groups is 1. The number of carbonyl (C=O) groups excluding carboxylic acids is 1. The summed E-state index contributed by atoms with van der Waals surface area (Å²) in [4.78, 5) is 24.5. The lowest BCUT2D eigenvalue weighted by atomic mass is 10.2. The van der Waals surface area contributed by atoms with Crippen LogP contribution in [0.1, 0.15) is 10.6 Å². The number of thiazole rings is 1. The highest BCUT2D eigenvalue weighted by molar-refractivity contribution is 8.13. The van der Waals surface area contributed by atoms with Crippen LogP contribution in [-0.2, 0) is 10.5 Å². The molecule has 0 radical (unpaired) electrons. The van der Waals surface area contributed by atoms with E-state index < -0.39 is 0 Å². The maximum atomic E-state index is 13.4. The molecule has 2 heterocycles. The summed E-state index contributed by atoms with van der Waals surface area (Å²) in [7, 11) is 3.23. The monoisotopic (exact) mass is 487 g/mol. The van der Waals surface area contributed by atoms with Crippen LogP contribution in [-0.4, -0.2) is 30.3 Å². The summed E-state index contributed by atoms with van der Waals surface area (Å²) in [5, 5.41) is 1.59. The van der Waals surface area contributed by atoms with Crippen LogP contribution in [0.15, 0.2) is 83.5 Å². The summed E-state index contributed by atoms with van der Waals surface area (Å²) in [6.07, 6.45) is 1.79. The molecule has 5 rings (SSSR count). The molecule has 0 spiro atoms. The first-order valence-electron chi connectivity index (χ1n) is 10.5. The van der Waals surface area contributed by atoms with Gasteiger partial charge in [0.25, 0.3) is 5.91 Å². The van der Waals surface area contributed by atoms with Gasteiger partial charge in [-0.05, 0) is 48.0 Å². The van der Waals surface area contributed by atoms with Crippen molar-refractivity contribution in [1.29, 1.82) is 0 Å². The van der Waals surface area contributed by atoms with Crippen molar-refractivity contribution in [2.45, 2.75) is 5.75 Å². The number of hydrogen-bond donors (Lipinski definition) is 0. The highest BCUT2D eigenvalue weighted by Gasteiger charge is 2.32. The second-order valence-electron chi connectivity index (χ2n) is 7.40. The van der Waals surface area contributed by atoms with Crippen LogP contribution in [0.25, 0.3) is 16.3 Å². The van der Waals surface area contributed by atoms with Crippen molar-refractivity contribution in [2.75, 3.05) is 19.1 Å². The van der Waals surface area contributed by atoms with E-state index in [4.69, 9.17) is 19.5 Å². The molecule has 0 N–H and O–H groups in total. The van der Waals surface area contributed by atoms with Gasteiger partial charge in [0.15, 0.2) is 5.17 Å². The molecule has 1 aromatic heterocycles. The SMILES string of the molecule is COc1ccc(/C=C2/N=C(SCc3nc4ccccc4s3)N(c3cccc(OC)c3)C2=O)cc1. The van der Waals surface area contributed by atoms with Crippen LogP contribution < -0.4 is 14.4 Å². The van der Waals surface area contributed by atoms with E-state index in [1.54, 1.807) is 36.5 Å². The molecule has 4 aromatic rings. The van der Waals surface area contributed by atoms with Gasteiger partial charge in [0.2, 0.25) is 0 Å². The van der Waals surface area contributed by atoms with E-state index in [0.29, 0.717) is 28.1 Å². The van der Waals surface area contributed by atoms with Gasteiger partial charge < -0.3 is 9.47 Å². The van der Waals surface area contributed by atoms with Crippen LogP contribution in [0.4, 0.5) is 5.69 Å². The minimum atomic E-state index is -0.184. The van der Waals surface area contributed by atoms with Gasteiger partial charge >= 0.3 is 0 Å². The number of ether oxygens (including phenoxy) is 2. The molecular formula is C26H21N3O3S2. The fraction of sp³-hybridized carbons (Fsp3) is 0.115. The average molecular weight is 488 g/mol. The number of hydrogen-bond acceptors (Lipinski definition) is 7. The number of thioether (sulfide) groups is 1. The zero-order valence-electron chi connectivity index (χ0n) is 18.6. The first kappa shape index (κ1) is 22.2. The molecule has 3 aromatic carbocycles. The molecule has 0 atom stereocenters. The van der Waals surface area contributed by atoms with Gasteiger partial charge in [-0.2, -0.15) is 0 Å². The highest BCUT2D eigenvalue weighted by Crippen LogP contribution is 2.33. The first-order chi connectivity index (χ1) is 16.6. The lowest BCUT2D eigenvalue weighted by Crippen LogP contribution is -2.30. The molecule has 1 aliphatic rings. The number of fused-ring (bicyclic) bond motifs is 1.